The van der Waals surface area contributed by atoms with Crippen LogP contribution in [0.3, 0.4) is 0 Å². The van der Waals surface area contributed by atoms with Crippen LogP contribution in [0.15, 0.2) is 28.7 Å². The minimum atomic E-state index is 0.468. The van der Waals surface area contributed by atoms with Crippen molar-refractivity contribution in [1.29, 1.82) is 0 Å². The summed E-state index contributed by atoms with van der Waals surface area (Å²) in [5, 5.41) is 3.56. The molecule has 1 unspecified atom stereocenters. The second-order valence-electron chi connectivity index (χ2n) is 5.66. The standard InChI is InChI=1S/C15H20BrNO/c1-18-11-8-15(9-11)6-7-17-10-13(15)12-4-2-3-5-14(12)16/h2-5,11,13,17H,6-10H2,1H3. The normalized spacial score (nSPS) is 35.4. The molecule has 1 spiro atoms. The van der Waals surface area contributed by atoms with Gasteiger partial charge in [-0.05, 0) is 42.9 Å². The van der Waals surface area contributed by atoms with Gasteiger partial charge < -0.3 is 10.1 Å². The minimum absolute atomic E-state index is 0.468. The zero-order valence-corrected chi connectivity index (χ0v) is 12.4. The van der Waals surface area contributed by atoms with E-state index >= 15 is 0 Å². The molecule has 0 radical (unpaired) electrons. The molecule has 0 bridgehead atoms. The Morgan fingerprint density at radius 3 is 2.83 bits per heavy atom. The van der Waals surface area contributed by atoms with Gasteiger partial charge >= 0.3 is 0 Å². The first kappa shape index (κ1) is 12.6. The third-order valence-electron chi connectivity index (χ3n) is 4.77. The van der Waals surface area contributed by atoms with Crippen LogP contribution in [-0.4, -0.2) is 26.3 Å². The van der Waals surface area contributed by atoms with Crippen molar-refractivity contribution in [2.24, 2.45) is 5.41 Å². The van der Waals surface area contributed by atoms with Crippen LogP contribution in [0, 0.1) is 5.41 Å². The first-order valence-corrected chi connectivity index (χ1v) is 7.52. The predicted octanol–water partition coefficient (Wildman–Crippen LogP) is 3.32. The summed E-state index contributed by atoms with van der Waals surface area (Å²) in [6, 6.07) is 8.66. The van der Waals surface area contributed by atoms with Crippen LogP contribution in [0.5, 0.6) is 0 Å². The zero-order chi connectivity index (χ0) is 12.6. The molecule has 0 aromatic heterocycles. The molecule has 2 aliphatic rings. The van der Waals surface area contributed by atoms with E-state index in [0.29, 0.717) is 17.4 Å². The van der Waals surface area contributed by atoms with E-state index in [0.717, 1.165) is 13.1 Å². The van der Waals surface area contributed by atoms with E-state index in [1.807, 2.05) is 7.11 Å². The summed E-state index contributed by atoms with van der Waals surface area (Å²) in [6.07, 6.45) is 4.20. The van der Waals surface area contributed by atoms with E-state index in [1.54, 1.807) is 0 Å². The Balaban J connectivity index is 1.87. The Kier molecular flexibility index (Phi) is 3.48. The molecule has 2 fully saturated rings. The fourth-order valence-corrected chi connectivity index (χ4v) is 4.24. The van der Waals surface area contributed by atoms with Gasteiger partial charge in [-0.1, -0.05) is 34.1 Å². The lowest BCUT2D eigenvalue weighted by Crippen LogP contribution is -2.53. The van der Waals surface area contributed by atoms with Crippen molar-refractivity contribution in [3.05, 3.63) is 34.3 Å². The van der Waals surface area contributed by atoms with Gasteiger partial charge in [0.15, 0.2) is 0 Å². The average Bonchev–Trinajstić information content (AvgIpc) is 2.36. The highest BCUT2D eigenvalue weighted by Crippen LogP contribution is 2.56. The maximum absolute atomic E-state index is 5.50. The number of nitrogens with one attached hydrogen (secondary N) is 1. The van der Waals surface area contributed by atoms with E-state index < -0.39 is 0 Å². The zero-order valence-electron chi connectivity index (χ0n) is 10.8. The molecule has 0 amide bonds. The quantitative estimate of drug-likeness (QED) is 0.905. The second-order valence-corrected chi connectivity index (χ2v) is 6.51. The van der Waals surface area contributed by atoms with Gasteiger partial charge in [-0.15, -0.1) is 0 Å². The molecule has 3 heteroatoms. The Bertz CT molecular complexity index is 428. The van der Waals surface area contributed by atoms with Crippen molar-refractivity contribution < 1.29 is 4.74 Å². The largest absolute Gasteiger partial charge is 0.381 e. The van der Waals surface area contributed by atoms with Crippen molar-refractivity contribution in [2.75, 3.05) is 20.2 Å². The van der Waals surface area contributed by atoms with Crippen LogP contribution < -0.4 is 5.32 Å². The van der Waals surface area contributed by atoms with E-state index in [4.69, 9.17) is 4.74 Å². The van der Waals surface area contributed by atoms with Gasteiger partial charge in [0.1, 0.15) is 0 Å². The molecule has 1 saturated heterocycles. The molecule has 1 heterocycles. The summed E-state index contributed by atoms with van der Waals surface area (Å²) in [5.41, 5.74) is 1.93. The van der Waals surface area contributed by atoms with Crippen LogP contribution in [0.25, 0.3) is 0 Å². The first-order chi connectivity index (χ1) is 8.75. The highest BCUT2D eigenvalue weighted by molar-refractivity contribution is 9.10. The van der Waals surface area contributed by atoms with Crippen molar-refractivity contribution in [1.82, 2.24) is 5.32 Å². The van der Waals surface area contributed by atoms with Gasteiger partial charge in [-0.2, -0.15) is 0 Å². The van der Waals surface area contributed by atoms with Gasteiger partial charge in [0.05, 0.1) is 6.10 Å². The molecule has 1 saturated carbocycles. The van der Waals surface area contributed by atoms with E-state index in [1.165, 1.54) is 29.3 Å². The maximum atomic E-state index is 5.50. The van der Waals surface area contributed by atoms with Gasteiger partial charge in [0.2, 0.25) is 0 Å². The van der Waals surface area contributed by atoms with Gasteiger partial charge in [-0.3, -0.25) is 0 Å². The van der Waals surface area contributed by atoms with Crippen LogP contribution in [0.1, 0.15) is 30.7 Å². The number of ether oxygens (including phenoxy) is 1. The van der Waals surface area contributed by atoms with Gasteiger partial charge in [0, 0.05) is 24.0 Å². The van der Waals surface area contributed by atoms with Crippen LogP contribution in [0.2, 0.25) is 0 Å². The molecule has 1 aromatic rings. The monoisotopic (exact) mass is 309 g/mol. The summed E-state index contributed by atoms with van der Waals surface area (Å²) >= 11 is 3.71. The first-order valence-electron chi connectivity index (χ1n) is 6.73. The lowest BCUT2D eigenvalue weighted by Gasteiger charge is -2.54. The van der Waals surface area contributed by atoms with Crippen LogP contribution >= 0.6 is 15.9 Å². The fraction of sp³-hybridized carbons (Fsp3) is 0.600. The molecular weight excluding hydrogens is 290 g/mol. The molecule has 1 N–H and O–H groups in total. The molecule has 98 valence electrons. The lowest BCUT2D eigenvalue weighted by atomic mass is 9.55. The number of piperidine rings is 1. The Labute approximate surface area is 117 Å². The molecule has 1 aliphatic heterocycles. The Morgan fingerprint density at radius 1 is 1.33 bits per heavy atom. The molecule has 2 nitrogen and oxygen atoms in total. The third-order valence-corrected chi connectivity index (χ3v) is 5.49. The van der Waals surface area contributed by atoms with Gasteiger partial charge in [0.25, 0.3) is 0 Å². The SMILES string of the molecule is COC1CC2(CCNCC2c2ccccc2Br)C1. The molecule has 1 aromatic carbocycles. The highest BCUT2D eigenvalue weighted by Gasteiger charge is 2.51. The van der Waals surface area contributed by atoms with Crippen LogP contribution in [0.4, 0.5) is 0 Å². The predicted molar refractivity (Wildman–Crippen MR) is 76.8 cm³/mol. The molecule has 18 heavy (non-hydrogen) atoms. The fourth-order valence-electron chi connectivity index (χ4n) is 3.67. The number of hydrogen-bond acceptors (Lipinski definition) is 2. The van der Waals surface area contributed by atoms with Crippen molar-refractivity contribution in [2.45, 2.75) is 31.3 Å². The smallest absolute Gasteiger partial charge is 0.0582 e. The summed E-state index contributed by atoms with van der Waals surface area (Å²) < 4.78 is 6.75. The maximum Gasteiger partial charge on any atom is 0.0582 e. The van der Waals surface area contributed by atoms with E-state index in [-0.39, 0.29) is 0 Å². The summed E-state index contributed by atoms with van der Waals surface area (Å²) in [7, 11) is 1.84. The molecule has 3 rings (SSSR count). The molecule has 1 aliphatic carbocycles. The van der Waals surface area contributed by atoms with Crippen molar-refractivity contribution in [3.63, 3.8) is 0 Å². The topological polar surface area (TPSA) is 21.3 Å². The number of benzene rings is 1. The number of halogens is 1. The second kappa shape index (κ2) is 4.95. The Hall–Kier alpha value is -0.380. The highest BCUT2D eigenvalue weighted by atomic mass is 79.9. The van der Waals surface area contributed by atoms with Crippen LogP contribution in [-0.2, 0) is 4.74 Å². The minimum Gasteiger partial charge on any atom is -0.381 e. The number of methoxy groups -OCH3 is 1. The summed E-state index contributed by atoms with van der Waals surface area (Å²) in [6.45, 7) is 2.25. The third kappa shape index (κ3) is 2.02. The van der Waals surface area contributed by atoms with E-state index in [2.05, 4.69) is 45.5 Å². The molecular formula is C15H20BrNO. The summed E-state index contributed by atoms with van der Waals surface area (Å²) in [4.78, 5) is 0. The van der Waals surface area contributed by atoms with Crippen molar-refractivity contribution in [3.8, 4) is 0 Å². The molecule has 1 atom stereocenters. The Morgan fingerprint density at radius 2 is 2.11 bits per heavy atom. The summed E-state index contributed by atoms with van der Waals surface area (Å²) in [5.74, 6) is 0.619. The van der Waals surface area contributed by atoms with Crippen molar-refractivity contribution >= 4 is 15.9 Å². The van der Waals surface area contributed by atoms with E-state index in [9.17, 15) is 0 Å². The number of rotatable bonds is 2. The van der Waals surface area contributed by atoms with Gasteiger partial charge in [-0.25, -0.2) is 0 Å². The lowest BCUT2D eigenvalue weighted by molar-refractivity contribution is -0.0852. The average molecular weight is 310 g/mol. The number of hydrogen-bond donors (Lipinski definition) is 1.